The Morgan fingerprint density at radius 1 is 1.41 bits per heavy atom. The van der Waals surface area contributed by atoms with Crippen molar-refractivity contribution in [1.82, 2.24) is 20.4 Å². The number of nitrogens with zero attached hydrogens (tertiary/aromatic N) is 2. The number of rotatable bonds is 5. The third-order valence-electron chi connectivity index (χ3n) is 4.44. The summed E-state index contributed by atoms with van der Waals surface area (Å²) < 4.78 is 0. The van der Waals surface area contributed by atoms with Gasteiger partial charge in [-0.2, -0.15) is 5.10 Å². The highest BCUT2D eigenvalue weighted by Crippen LogP contribution is 2.21. The van der Waals surface area contributed by atoms with Gasteiger partial charge in [-0.3, -0.25) is 14.5 Å². The van der Waals surface area contributed by atoms with Gasteiger partial charge < -0.3 is 5.32 Å². The van der Waals surface area contributed by atoms with Gasteiger partial charge >= 0.3 is 0 Å². The molecule has 122 valence electrons. The van der Waals surface area contributed by atoms with E-state index in [1.54, 1.807) is 0 Å². The van der Waals surface area contributed by atoms with Crippen molar-refractivity contribution >= 4 is 5.91 Å². The van der Waals surface area contributed by atoms with Crippen molar-refractivity contribution in [3.63, 3.8) is 0 Å². The topological polar surface area (TPSA) is 78.1 Å². The van der Waals surface area contributed by atoms with Crippen LogP contribution in [-0.4, -0.2) is 46.7 Å². The van der Waals surface area contributed by atoms with E-state index in [2.05, 4.69) is 41.2 Å². The quantitative estimate of drug-likeness (QED) is 0.858. The molecule has 0 radical (unpaired) electrons. The first-order valence-electron chi connectivity index (χ1n) is 8.05. The summed E-state index contributed by atoms with van der Waals surface area (Å²) in [6, 6.07) is 3.09. The molecule has 0 spiro atoms. The van der Waals surface area contributed by atoms with Crippen molar-refractivity contribution in [1.29, 1.82) is 0 Å². The molecule has 1 aliphatic rings. The molecule has 6 nitrogen and oxygen atoms in total. The maximum Gasteiger partial charge on any atom is 0.271 e. The number of H-pyrrole nitrogens is 1. The van der Waals surface area contributed by atoms with Gasteiger partial charge in [0.2, 0.25) is 0 Å². The summed E-state index contributed by atoms with van der Waals surface area (Å²) in [6.07, 6.45) is 2.44. The van der Waals surface area contributed by atoms with E-state index in [4.69, 9.17) is 0 Å². The first kappa shape index (κ1) is 16.7. The molecule has 6 heteroatoms. The number of piperidine rings is 1. The average Bonchev–Trinajstić information content (AvgIpc) is 2.49. The zero-order valence-electron chi connectivity index (χ0n) is 13.6. The van der Waals surface area contributed by atoms with Crippen LogP contribution in [0.3, 0.4) is 0 Å². The summed E-state index contributed by atoms with van der Waals surface area (Å²) >= 11 is 0. The van der Waals surface area contributed by atoms with Gasteiger partial charge in [-0.1, -0.05) is 20.8 Å². The highest BCUT2D eigenvalue weighted by Gasteiger charge is 2.26. The predicted octanol–water partition coefficient (Wildman–Crippen LogP) is 1.26. The van der Waals surface area contributed by atoms with Crippen LogP contribution < -0.4 is 10.9 Å². The summed E-state index contributed by atoms with van der Waals surface area (Å²) in [5.41, 5.74) is -0.0617. The number of hydrogen-bond donors (Lipinski definition) is 2. The number of carbonyl (C=O) groups is 1. The van der Waals surface area contributed by atoms with Gasteiger partial charge in [-0.15, -0.1) is 0 Å². The molecule has 0 bridgehead atoms. The molecular weight excluding hydrogens is 280 g/mol. The Morgan fingerprint density at radius 3 is 2.64 bits per heavy atom. The maximum absolute atomic E-state index is 12.1. The van der Waals surface area contributed by atoms with Gasteiger partial charge in [-0.25, -0.2) is 5.10 Å². The number of carbonyl (C=O) groups excluding carboxylic acids is 1. The maximum atomic E-state index is 12.1. The molecule has 1 aromatic rings. The predicted molar refractivity (Wildman–Crippen MR) is 85.8 cm³/mol. The zero-order chi connectivity index (χ0) is 16.1. The highest BCUT2D eigenvalue weighted by atomic mass is 16.2. The zero-order valence-corrected chi connectivity index (χ0v) is 13.6. The molecule has 2 rings (SSSR count). The smallest absolute Gasteiger partial charge is 0.271 e. The molecule has 2 N–H and O–H groups in total. The number of nitrogens with one attached hydrogen (secondary N) is 2. The van der Waals surface area contributed by atoms with Crippen molar-refractivity contribution in [3.8, 4) is 0 Å². The second-order valence-electron chi connectivity index (χ2n) is 6.55. The fourth-order valence-corrected chi connectivity index (χ4v) is 2.91. The second kappa shape index (κ2) is 7.54. The van der Waals surface area contributed by atoms with E-state index in [0.29, 0.717) is 18.5 Å². The number of hydrogen-bond acceptors (Lipinski definition) is 4. The minimum Gasteiger partial charge on any atom is -0.349 e. The summed E-state index contributed by atoms with van der Waals surface area (Å²) in [5, 5.41) is 8.99. The first-order valence-corrected chi connectivity index (χ1v) is 8.05. The average molecular weight is 306 g/mol. The molecule has 1 aliphatic heterocycles. The van der Waals surface area contributed by atoms with Gasteiger partial charge in [-0.05, 0) is 43.8 Å². The molecular formula is C16H26N4O2. The van der Waals surface area contributed by atoms with Gasteiger partial charge in [0.1, 0.15) is 5.69 Å². The Bertz CT molecular complexity index is 527. The fraction of sp³-hybridized carbons (Fsp3) is 0.688. The molecule has 1 unspecified atom stereocenters. The lowest BCUT2D eigenvalue weighted by Crippen LogP contribution is -2.49. The number of aromatic nitrogens is 2. The van der Waals surface area contributed by atoms with E-state index in [1.165, 1.54) is 25.0 Å². The number of likely N-dealkylation sites (tertiary alicyclic amines) is 1. The molecule has 22 heavy (non-hydrogen) atoms. The summed E-state index contributed by atoms with van der Waals surface area (Å²) in [5.74, 6) is 1.02. The Kier molecular flexibility index (Phi) is 5.71. The third-order valence-corrected chi connectivity index (χ3v) is 4.44. The minimum absolute atomic E-state index is 0.243. The Balaban J connectivity index is 1.92. The van der Waals surface area contributed by atoms with Crippen LogP contribution in [0.1, 0.15) is 44.1 Å². The Hall–Kier alpha value is -1.69. The second-order valence-corrected chi connectivity index (χ2v) is 6.55. The molecule has 0 aliphatic carbocycles. The van der Waals surface area contributed by atoms with Crippen LogP contribution in [0.15, 0.2) is 16.9 Å². The Labute approximate surface area is 131 Å². The van der Waals surface area contributed by atoms with E-state index in [0.717, 1.165) is 19.0 Å². The standard InChI is InChI=1S/C16H26N4O2/c1-11(2)14(20-8-6-12(3)7-9-20)10-17-16(22)13-4-5-15(21)19-18-13/h4-5,11-12,14H,6-10H2,1-3H3,(H,17,22)(H,19,21). The Morgan fingerprint density at radius 2 is 2.09 bits per heavy atom. The van der Waals surface area contributed by atoms with E-state index < -0.39 is 0 Å². The van der Waals surface area contributed by atoms with Crippen LogP contribution in [0.2, 0.25) is 0 Å². The van der Waals surface area contributed by atoms with Gasteiger partial charge in [0.05, 0.1) is 0 Å². The lowest BCUT2D eigenvalue weighted by molar-refractivity contribution is 0.0858. The molecule has 1 fully saturated rings. The monoisotopic (exact) mass is 306 g/mol. The molecule has 1 saturated heterocycles. The van der Waals surface area contributed by atoms with Crippen LogP contribution in [0.5, 0.6) is 0 Å². The van der Waals surface area contributed by atoms with Crippen LogP contribution in [0.4, 0.5) is 0 Å². The molecule has 1 amide bonds. The van der Waals surface area contributed by atoms with Gasteiger partial charge in [0.15, 0.2) is 0 Å². The van der Waals surface area contributed by atoms with Gasteiger partial charge in [0, 0.05) is 18.7 Å². The van der Waals surface area contributed by atoms with Crippen molar-refractivity contribution in [2.45, 2.75) is 39.7 Å². The van der Waals surface area contributed by atoms with Crippen molar-refractivity contribution in [2.75, 3.05) is 19.6 Å². The molecule has 2 heterocycles. The minimum atomic E-state index is -0.306. The summed E-state index contributed by atoms with van der Waals surface area (Å²) in [4.78, 5) is 25.6. The van der Waals surface area contributed by atoms with Crippen molar-refractivity contribution in [3.05, 3.63) is 28.2 Å². The van der Waals surface area contributed by atoms with E-state index in [1.807, 2.05) is 0 Å². The fourth-order valence-electron chi connectivity index (χ4n) is 2.91. The van der Waals surface area contributed by atoms with Crippen LogP contribution in [0, 0.1) is 11.8 Å². The normalized spacial score (nSPS) is 18.4. The highest BCUT2D eigenvalue weighted by molar-refractivity contribution is 5.91. The van der Waals surface area contributed by atoms with Gasteiger partial charge in [0.25, 0.3) is 11.5 Å². The molecule has 1 atom stereocenters. The lowest BCUT2D eigenvalue weighted by Gasteiger charge is -2.38. The molecule has 0 saturated carbocycles. The van der Waals surface area contributed by atoms with E-state index in [-0.39, 0.29) is 17.2 Å². The lowest BCUT2D eigenvalue weighted by atomic mass is 9.94. The van der Waals surface area contributed by atoms with Crippen molar-refractivity contribution in [2.24, 2.45) is 11.8 Å². The number of aromatic amines is 1. The van der Waals surface area contributed by atoms with E-state index in [9.17, 15) is 9.59 Å². The first-order chi connectivity index (χ1) is 10.5. The third kappa shape index (κ3) is 4.40. The van der Waals surface area contributed by atoms with Crippen LogP contribution in [0.25, 0.3) is 0 Å². The molecule has 1 aromatic heterocycles. The summed E-state index contributed by atoms with van der Waals surface area (Å²) in [6.45, 7) is 9.46. The number of amides is 1. The molecule has 0 aromatic carbocycles. The van der Waals surface area contributed by atoms with E-state index >= 15 is 0 Å². The van der Waals surface area contributed by atoms with Crippen LogP contribution >= 0.6 is 0 Å². The SMILES string of the molecule is CC1CCN(C(CNC(=O)c2ccc(=O)[nH]n2)C(C)C)CC1. The summed E-state index contributed by atoms with van der Waals surface area (Å²) in [7, 11) is 0. The van der Waals surface area contributed by atoms with Crippen molar-refractivity contribution < 1.29 is 4.79 Å². The van der Waals surface area contributed by atoms with Crippen LogP contribution in [-0.2, 0) is 0 Å². The largest absolute Gasteiger partial charge is 0.349 e.